The molecule has 0 amide bonds. The topological polar surface area (TPSA) is 15.7 Å². The fourth-order valence-electron chi connectivity index (χ4n) is 5.57. The molecule has 1 saturated carbocycles. The maximum Gasteiger partial charge on any atom is 0.0593 e. The van der Waals surface area contributed by atoms with Gasteiger partial charge < -0.3 is 14.5 Å². The van der Waals surface area contributed by atoms with Crippen molar-refractivity contribution in [3.63, 3.8) is 0 Å². The zero-order valence-corrected chi connectivity index (χ0v) is 17.6. The molecule has 3 nitrogen and oxygen atoms in total. The van der Waals surface area contributed by atoms with Crippen LogP contribution in [0.1, 0.15) is 71.6 Å². The highest BCUT2D eigenvalue weighted by molar-refractivity contribution is 4.82. The fourth-order valence-corrected chi connectivity index (χ4v) is 5.57. The van der Waals surface area contributed by atoms with Gasteiger partial charge in [0.25, 0.3) is 0 Å². The summed E-state index contributed by atoms with van der Waals surface area (Å²) >= 11 is 0. The molecule has 0 unspecified atom stereocenters. The van der Waals surface area contributed by atoms with E-state index in [0.717, 1.165) is 43.4 Å². The Hall–Kier alpha value is -0.120. The standard InChI is InChI=1S/C23H44N2O/c1-20(2)18-25-14-10-23(11-15-25)22-8-12-24(13-9-22)16-17-26-19-21-6-4-3-5-7-21/h20-23H,3-19H2,1-2H3. The van der Waals surface area contributed by atoms with Crippen LogP contribution < -0.4 is 0 Å². The third kappa shape index (κ3) is 6.80. The first-order valence-corrected chi connectivity index (χ1v) is 11.7. The van der Waals surface area contributed by atoms with Crippen molar-refractivity contribution in [1.82, 2.24) is 9.80 Å². The van der Waals surface area contributed by atoms with Gasteiger partial charge in [-0.05, 0) is 88.4 Å². The van der Waals surface area contributed by atoms with Gasteiger partial charge in [-0.1, -0.05) is 33.1 Å². The average molecular weight is 365 g/mol. The minimum absolute atomic E-state index is 0.815. The highest BCUT2D eigenvalue weighted by Crippen LogP contribution is 2.32. The molecule has 2 aliphatic heterocycles. The lowest BCUT2D eigenvalue weighted by molar-refractivity contribution is 0.0481. The Kier molecular flexibility index (Phi) is 8.74. The van der Waals surface area contributed by atoms with Crippen LogP contribution in [0.15, 0.2) is 0 Å². The van der Waals surface area contributed by atoms with Crippen molar-refractivity contribution in [3.05, 3.63) is 0 Å². The number of ether oxygens (including phenoxy) is 1. The first-order valence-electron chi connectivity index (χ1n) is 11.7. The Morgan fingerprint density at radius 3 is 1.92 bits per heavy atom. The fraction of sp³-hybridized carbons (Fsp3) is 1.00. The van der Waals surface area contributed by atoms with E-state index in [9.17, 15) is 0 Å². The molecule has 0 aromatic carbocycles. The number of likely N-dealkylation sites (tertiary alicyclic amines) is 2. The van der Waals surface area contributed by atoms with Crippen LogP contribution in [0.5, 0.6) is 0 Å². The number of rotatable bonds is 8. The van der Waals surface area contributed by atoms with Crippen molar-refractivity contribution in [1.29, 1.82) is 0 Å². The van der Waals surface area contributed by atoms with Crippen LogP contribution in [0.2, 0.25) is 0 Å². The number of hydrogen-bond acceptors (Lipinski definition) is 3. The Morgan fingerprint density at radius 1 is 0.769 bits per heavy atom. The first kappa shape index (κ1) is 20.6. The molecule has 1 aliphatic carbocycles. The largest absolute Gasteiger partial charge is 0.380 e. The normalized spacial score (nSPS) is 26.0. The third-order valence-electron chi connectivity index (χ3n) is 7.18. The van der Waals surface area contributed by atoms with Gasteiger partial charge in [0.15, 0.2) is 0 Å². The first-order chi connectivity index (χ1) is 12.7. The zero-order valence-electron chi connectivity index (χ0n) is 17.6. The van der Waals surface area contributed by atoms with Crippen LogP contribution in [0.25, 0.3) is 0 Å². The predicted octanol–water partition coefficient (Wildman–Crippen LogP) is 4.66. The molecule has 152 valence electrons. The van der Waals surface area contributed by atoms with E-state index in [4.69, 9.17) is 4.74 Å². The van der Waals surface area contributed by atoms with Crippen LogP contribution in [0.4, 0.5) is 0 Å². The molecule has 26 heavy (non-hydrogen) atoms. The molecule has 0 spiro atoms. The molecule has 2 saturated heterocycles. The van der Waals surface area contributed by atoms with Crippen LogP contribution in [-0.2, 0) is 4.74 Å². The molecular formula is C23H44N2O. The van der Waals surface area contributed by atoms with Gasteiger partial charge in [0.1, 0.15) is 0 Å². The lowest BCUT2D eigenvalue weighted by atomic mass is 9.78. The van der Waals surface area contributed by atoms with E-state index in [1.807, 2.05) is 0 Å². The maximum atomic E-state index is 6.02. The van der Waals surface area contributed by atoms with Crippen molar-refractivity contribution in [2.75, 3.05) is 52.5 Å². The van der Waals surface area contributed by atoms with Gasteiger partial charge in [-0.2, -0.15) is 0 Å². The summed E-state index contributed by atoms with van der Waals surface area (Å²) < 4.78 is 6.02. The van der Waals surface area contributed by atoms with Gasteiger partial charge in [-0.3, -0.25) is 0 Å². The van der Waals surface area contributed by atoms with Crippen molar-refractivity contribution in [3.8, 4) is 0 Å². The zero-order chi connectivity index (χ0) is 18.2. The quantitative estimate of drug-likeness (QED) is 0.582. The molecule has 2 heterocycles. The van der Waals surface area contributed by atoms with E-state index >= 15 is 0 Å². The van der Waals surface area contributed by atoms with E-state index in [1.165, 1.54) is 90.5 Å². The summed E-state index contributed by atoms with van der Waals surface area (Å²) in [6, 6.07) is 0. The summed E-state index contributed by atoms with van der Waals surface area (Å²) in [5.41, 5.74) is 0. The van der Waals surface area contributed by atoms with E-state index < -0.39 is 0 Å². The van der Waals surface area contributed by atoms with Gasteiger partial charge >= 0.3 is 0 Å². The Labute approximate surface area is 162 Å². The van der Waals surface area contributed by atoms with Gasteiger partial charge in [-0.15, -0.1) is 0 Å². The second-order valence-corrected chi connectivity index (χ2v) is 9.79. The summed E-state index contributed by atoms with van der Waals surface area (Å²) in [7, 11) is 0. The van der Waals surface area contributed by atoms with Crippen LogP contribution in [-0.4, -0.2) is 62.3 Å². The minimum Gasteiger partial charge on any atom is -0.380 e. The van der Waals surface area contributed by atoms with E-state index in [-0.39, 0.29) is 0 Å². The second-order valence-electron chi connectivity index (χ2n) is 9.79. The Balaban J connectivity index is 1.24. The van der Waals surface area contributed by atoms with E-state index in [1.54, 1.807) is 0 Å². The number of hydrogen-bond donors (Lipinski definition) is 0. The molecule has 0 aromatic rings. The van der Waals surface area contributed by atoms with E-state index in [0.29, 0.717) is 0 Å². The van der Waals surface area contributed by atoms with Gasteiger partial charge in [0, 0.05) is 19.7 Å². The highest BCUT2D eigenvalue weighted by Gasteiger charge is 2.29. The molecule has 3 aliphatic rings. The highest BCUT2D eigenvalue weighted by atomic mass is 16.5. The smallest absolute Gasteiger partial charge is 0.0593 e. The lowest BCUT2D eigenvalue weighted by Crippen LogP contribution is -2.42. The van der Waals surface area contributed by atoms with Crippen LogP contribution >= 0.6 is 0 Å². The second kappa shape index (κ2) is 11.0. The van der Waals surface area contributed by atoms with Crippen molar-refractivity contribution >= 4 is 0 Å². The van der Waals surface area contributed by atoms with Gasteiger partial charge in [0.2, 0.25) is 0 Å². The molecule has 3 rings (SSSR count). The van der Waals surface area contributed by atoms with Crippen molar-refractivity contribution in [2.45, 2.75) is 71.6 Å². The molecule has 3 heteroatoms. The van der Waals surface area contributed by atoms with Gasteiger partial charge in [-0.25, -0.2) is 0 Å². The minimum atomic E-state index is 0.815. The van der Waals surface area contributed by atoms with Gasteiger partial charge in [0.05, 0.1) is 6.61 Å². The molecule has 0 N–H and O–H groups in total. The summed E-state index contributed by atoms with van der Waals surface area (Å²) in [4.78, 5) is 5.35. The molecule has 0 bridgehead atoms. The monoisotopic (exact) mass is 364 g/mol. The van der Waals surface area contributed by atoms with Crippen LogP contribution in [0, 0.1) is 23.7 Å². The van der Waals surface area contributed by atoms with Crippen molar-refractivity contribution < 1.29 is 4.74 Å². The van der Waals surface area contributed by atoms with Crippen molar-refractivity contribution in [2.24, 2.45) is 23.7 Å². The summed E-state index contributed by atoms with van der Waals surface area (Å²) in [5.74, 6) is 3.67. The predicted molar refractivity (Wildman–Crippen MR) is 111 cm³/mol. The SMILES string of the molecule is CC(C)CN1CCC(C2CCN(CCOCC3CCCCC3)CC2)CC1. The number of piperidine rings is 2. The lowest BCUT2D eigenvalue weighted by Gasteiger charge is -2.40. The molecule has 0 radical (unpaired) electrons. The molecule has 0 atom stereocenters. The summed E-state index contributed by atoms with van der Waals surface area (Å²) in [6.07, 6.45) is 12.9. The average Bonchev–Trinajstić information content (AvgIpc) is 2.67. The maximum absolute atomic E-state index is 6.02. The molecular weight excluding hydrogens is 320 g/mol. The molecule has 3 fully saturated rings. The Bertz CT molecular complexity index is 364. The third-order valence-corrected chi connectivity index (χ3v) is 7.18. The number of nitrogens with zero attached hydrogens (tertiary/aromatic N) is 2. The Morgan fingerprint density at radius 2 is 1.35 bits per heavy atom. The van der Waals surface area contributed by atoms with Crippen LogP contribution in [0.3, 0.4) is 0 Å². The van der Waals surface area contributed by atoms with E-state index in [2.05, 4.69) is 23.6 Å². The molecule has 0 aromatic heterocycles. The summed E-state index contributed by atoms with van der Waals surface area (Å²) in [6.45, 7) is 14.4. The summed E-state index contributed by atoms with van der Waals surface area (Å²) in [5, 5.41) is 0.